The van der Waals surface area contributed by atoms with Crippen LogP contribution in [-0.4, -0.2) is 71.7 Å². The number of nitrogens with zero attached hydrogens (tertiary/aromatic N) is 4. The van der Waals surface area contributed by atoms with E-state index in [-0.39, 0.29) is 11.8 Å². The lowest BCUT2D eigenvalue weighted by Crippen LogP contribution is -2.49. The monoisotopic (exact) mass is 412 g/mol. The number of piperazine rings is 1. The molecule has 162 valence electrons. The Morgan fingerprint density at radius 1 is 1.03 bits per heavy atom. The van der Waals surface area contributed by atoms with E-state index in [0.29, 0.717) is 11.7 Å². The average Bonchev–Trinajstić information content (AvgIpc) is 3.47. The van der Waals surface area contributed by atoms with Gasteiger partial charge in [-0.15, -0.1) is 0 Å². The van der Waals surface area contributed by atoms with Crippen LogP contribution in [0.4, 0.5) is 0 Å². The minimum Gasteiger partial charge on any atom is -0.348 e. The molecule has 2 aromatic rings. The van der Waals surface area contributed by atoms with Crippen LogP contribution in [0.1, 0.15) is 44.5 Å². The zero-order valence-corrected chi connectivity index (χ0v) is 17.8. The second kappa shape index (κ2) is 8.75. The van der Waals surface area contributed by atoms with Gasteiger partial charge in [-0.2, -0.15) is 4.98 Å². The zero-order valence-electron chi connectivity index (χ0n) is 17.8. The van der Waals surface area contributed by atoms with Gasteiger partial charge in [-0.05, 0) is 25.7 Å². The van der Waals surface area contributed by atoms with E-state index in [0.717, 1.165) is 63.7 Å². The van der Waals surface area contributed by atoms with Crippen LogP contribution < -0.4 is 0 Å². The summed E-state index contributed by atoms with van der Waals surface area (Å²) in [5.74, 6) is 1.89. The number of hydrogen-bond acceptors (Lipinski definition) is 7. The first-order chi connectivity index (χ1) is 14.7. The molecule has 0 radical (unpaired) electrons. The van der Waals surface area contributed by atoms with Gasteiger partial charge >= 0.3 is 0 Å². The molecule has 1 saturated carbocycles. The molecule has 3 aliphatic rings. The van der Waals surface area contributed by atoms with Gasteiger partial charge in [0.15, 0.2) is 5.79 Å². The Kier molecular flexibility index (Phi) is 5.87. The van der Waals surface area contributed by atoms with Gasteiger partial charge in [0, 0.05) is 51.1 Å². The molecule has 1 aliphatic carbocycles. The third kappa shape index (κ3) is 4.30. The molecule has 1 aromatic carbocycles. The maximum Gasteiger partial charge on any atom is 0.244 e. The van der Waals surface area contributed by atoms with E-state index in [2.05, 4.69) is 26.9 Å². The van der Waals surface area contributed by atoms with Crippen molar-refractivity contribution < 1.29 is 14.0 Å². The van der Waals surface area contributed by atoms with Crippen LogP contribution in [0.2, 0.25) is 0 Å². The molecule has 30 heavy (non-hydrogen) atoms. The number of aromatic nitrogens is 2. The molecular formula is C23H32N4O3. The van der Waals surface area contributed by atoms with Gasteiger partial charge in [0.1, 0.15) is 0 Å². The number of rotatable bonds is 5. The number of ether oxygens (including phenoxy) is 2. The van der Waals surface area contributed by atoms with Gasteiger partial charge in [0.05, 0.1) is 19.3 Å². The second-order valence-corrected chi connectivity index (χ2v) is 8.89. The molecular weight excluding hydrogens is 380 g/mol. The predicted octanol–water partition coefficient (Wildman–Crippen LogP) is 3.35. The summed E-state index contributed by atoms with van der Waals surface area (Å²) in [6.45, 7) is 9.14. The van der Waals surface area contributed by atoms with E-state index in [9.17, 15) is 0 Å². The fourth-order valence-electron chi connectivity index (χ4n) is 5.05. The van der Waals surface area contributed by atoms with Gasteiger partial charge in [-0.3, -0.25) is 4.90 Å². The molecule has 7 nitrogen and oxygen atoms in total. The summed E-state index contributed by atoms with van der Waals surface area (Å²) in [4.78, 5) is 9.72. The third-order valence-corrected chi connectivity index (χ3v) is 6.98. The van der Waals surface area contributed by atoms with Gasteiger partial charge in [0.2, 0.25) is 11.7 Å². The fourth-order valence-corrected chi connectivity index (χ4v) is 5.05. The molecule has 0 bridgehead atoms. The average molecular weight is 413 g/mol. The van der Waals surface area contributed by atoms with E-state index in [4.69, 9.17) is 14.0 Å². The largest absolute Gasteiger partial charge is 0.348 e. The zero-order chi connectivity index (χ0) is 20.4. The summed E-state index contributed by atoms with van der Waals surface area (Å²) in [6.07, 6.45) is 4.52. The molecule has 1 spiro atoms. The van der Waals surface area contributed by atoms with Crippen molar-refractivity contribution in [2.45, 2.75) is 44.4 Å². The Bertz CT molecular complexity index is 803. The SMILES string of the molecule is CC(c1nc(-c2ccccc2)no1)N1CCN(CC2CCC3(CC2)OCCO3)CC1. The minimum atomic E-state index is -0.243. The summed E-state index contributed by atoms with van der Waals surface area (Å²) < 4.78 is 17.3. The summed E-state index contributed by atoms with van der Waals surface area (Å²) in [5.41, 5.74) is 0.993. The molecule has 5 rings (SSSR count). The van der Waals surface area contributed by atoms with E-state index < -0.39 is 0 Å². The van der Waals surface area contributed by atoms with Gasteiger partial charge in [-0.25, -0.2) is 0 Å². The van der Waals surface area contributed by atoms with E-state index >= 15 is 0 Å². The molecule has 7 heteroatoms. The molecule has 2 aliphatic heterocycles. The number of hydrogen-bond donors (Lipinski definition) is 0. The number of benzene rings is 1. The normalized spacial score (nSPS) is 24.4. The Morgan fingerprint density at radius 2 is 1.73 bits per heavy atom. The van der Waals surface area contributed by atoms with Crippen LogP contribution in [-0.2, 0) is 9.47 Å². The van der Waals surface area contributed by atoms with Crippen LogP contribution in [0.15, 0.2) is 34.9 Å². The van der Waals surface area contributed by atoms with Crippen molar-refractivity contribution in [1.29, 1.82) is 0 Å². The maximum atomic E-state index is 5.87. The van der Waals surface area contributed by atoms with Gasteiger partial charge in [-0.1, -0.05) is 35.5 Å². The molecule has 0 N–H and O–H groups in total. The van der Waals surface area contributed by atoms with Crippen molar-refractivity contribution in [3.8, 4) is 11.4 Å². The van der Waals surface area contributed by atoms with Crippen molar-refractivity contribution in [3.63, 3.8) is 0 Å². The summed E-state index contributed by atoms with van der Waals surface area (Å²) >= 11 is 0. The first-order valence-electron chi connectivity index (χ1n) is 11.3. The summed E-state index contributed by atoms with van der Waals surface area (Å²) in [7, 11) is 0. The molecule has 1 aromatic heterocycles. The fraction of sp³-hybridized carbons (Fsp3) is 0.652. The van der Waals surface area contributed by atoms with Crippen LogP contribution >= 0.6 is 0 Å². The van der Waals surface area contributed by atoms with E-state index in [1.807, 2.05) is 30.3 Å². The van der Waals surface area contributed by atoms with Crippen molar-refractivity contribution in [1.82, 2.24) is 19.9 Å². The highest BCUT2D eigenvalue weighted by Gasteiger charge is 2.40. The third-order valence-electron chi connectivity index (χ3n) is 6.98. The molecule has 0 amide bonds. The maximum absolute atomic E-state index is 5.87. The topological polar surface area (TPSA) is 63.9 Å². The van der Waals surface area contributed by atoms with Crippen LogP contribution in [0, 0.1) is 5.92 Å². The highest BCUT2D eigenvalue weighted by Crippen LogP contribution is 2.38. The van der Waals surface area contributed by atoms with Crippen molar-refractivity contribution in [3.05, 3.63) is 36.2 Å². The Labute approximate surface area is 178 Å². The summed E-state index contributed by atoms with van der Waals surface area (Å²) in [5, 5.41) is 4.18. The van der Waals surface area contributed by atoms with Crippen molar-refractivity contribution in [2.24, 2.45) is 5.92 Å². The summed E-state index contributed by atoms with van der Waals surface area (Å²) in [6, 6.07) is 10.1. The highest BCUT2D eigenvalue weighted by molar-refractivity contribution is 5.53. The molecule has 2 saturated heterocycles. The highest BCUT2D eigenvalue weighted by atomic mass is 16.7. The predicted molar refractivity (Wildman–Crippen MR) is 113 cm³/mol. The van der Waals surface area contributed by atoms with Gasteiger partial charge < -0.3 is 18.9 Å². The van der Waals surface area contributed by atoms with E-state index in [1.165, 1.54) is 19.4 Å². The second-order valence-electron chi connectivity index (χ2n) is 8.89. The van der Waals surface area contributed by atoms with Crippen molar-refractivity contribution >= 4 is 0 Å². The van der Waals surface area contributed by atoms with Crippen LogP contribution in [0.3, 0.4) is 0 Å². The minimum absolute atomic E-state index is 0.142. The molecule has 1 unspecified atom stereocenters. The van der Waals surface area contributed by atoms with Gasteiger partial charge in [0.25, 0.3) is 0 Å². The van der Waals surface area contributed by atoms with Crippen molar-refractivity contribution in [2.75, 3.05) is 45.9 Å². The van der Waals surface area contributed by atoms with Crippen LogP contribution in [0.5, 0.6) is 0 Å². The molecule has 1 atom stereocenters. The Balaban J connectivity index is 1.10. The van der Waals surface area contributed by atoms with E-state index in [1.54, 1.807) is 0 Å². The lowest BCUT2D eigenvalue weighted by molar-refractivity contribution is -0.183. The first-order valence-corrected chi connectivity index (χ1v) is 11.3. The molecule has 3 heterocycles. The quantitative estimate of drug-likeness (QED) is 0.746. The lowest BCUT2D eigenvalue weighted by Gasteiger charge is -2.40. The Hall–Kier alpha value is -1.80. The first kappa shape index (κ1) is 20.1. The molecule has 3 fully saturated rings. The van der Waals surface area contributed by atoms with Crippen LogP contribution in [0.25, 0.3) is 11.4 Å². The smallest absolute Gasteiger partial charge is 0.244 e. The Morgan fingerprint density at radius 3 is 2.43 bits per heavy atom. The lowest BCUT2D eigenvalue weighted by atomic mass is 9.84. The standard InChI is InChI=1S/C23H32N4O3/c1-18(22-24-21(25-30-22)20-5-3-2-4-6-20)27-13-11-26(12-14-27)17-19-7-9-23(10-8-19)28-15-16-29-23/h2-6,18-19H,7-17H2,1H3.